The number of fused-ring (bicyclic) bond motifs is 1. The Morgan fingerprint density at radius 1 is 1.40 bits per heavy atom. The first kappa shape index (κ1) is 15.6. The number of aromatic hydroxyl groups is 1. The maximum absolute atomic E-state index is 11.9. The van der Waals surface area contributed by atoms with E-state index in [1.165, 1.54) is 22.9 Å². The molecule has 1 saturated carbocycles. The Labute approximate surface area is 140 Å². The molecule has 1 aliphatic carbocycles. The highest BCUT2D eigenvalue weighted by Crippen LogP contribution is 2.22. The van der Waals surface area contributed by atoms with E-state index in [1.807, 2.05) is 0 Å². The van der Waals surface area contributed by atoms with Crippen molar-refractivity contribution in [2.45, 2.75) is 23.9 Å². The summed E-state index contributed by atoms with van der Waals surface area (Å²) in [6.07, 6.45) is 5.90. The van der Waals surface area contributed by atoms with E-state index in [4.69, 9.17) is 0 Å². The molecule has 25 heavy (non-hydrogen) atoms. The Bertz CT molecular complexity index is 1260. The summed E-state index contributed by atoms with van der Waals surface area (Å²) in [5.74, 6) is -0.327. The van der Waals surface area contributed by atoms with Crippen LogP contribution in [-0.4, -0.2) is 50.4 Å². The van der Waals surface area contributed by atoms with Gasteiger partial charge in [0.1, 0.15) is 5.69 Å². The van der Waals surface area contributed by atoms with Crippen molar-refractivity contribution in [3.8, 4) is 5.88 Å². The topological polar surface area (TPSA) is 146 Å². The first-order chi connectivity index (χ1) is 11.8. The van der Waals surface area contributed by atoms with Gasteiger partial charge in [-0.15, -0.1) is 0 Å². The van der Waals surface area contributed by atoms with Crippen molar-refractivity contribution in [2.24, 2.45) is 4.99 Å². The summed E-state index contributed by atoms with van der Waals surface area (Å²) in [7, 11) is -3.54. The fourth-order valence-corrected chi connectivity index (χ4v) is 2.94. The molecule has 0 radical (unpaired) electrons. The average Bonchev–Trinajstić information content (AvgIpc) is 3.15. The largest absolute Gasteiger partial charge is 0.493 e. The van der Waals surface area contributed by atoms with Crippen LogP contribution in [0.5, 0.6) is 5.88 Å². The smallest absolute Gasteiger partial charge is 0.326 e. The third kappa shape index (κ3) is 2.93. The molecule has 0 aliphatic heterocycles. The number of hydrogen-bond donors (Lipinski definition) is 3. The predicted molar refractivity (Wildman–Crippen MR) is 86.5 cm³/mol. The van der Waals surface area contributed by atoms with Crippen molar-refractivity contribution >= 4 is 21.6 Å². The number of aromatic amines is 2. The summed E-state index contributed by atoms with van der Waals surface area (Å²) in [4.78, 5) is 24.5. The van der Waals surface area contributed by atoms with E-state index in [0.717, 1.165) is 19.1 Å². The Morgan fingerprint density at radius 3 is 2.76 bits per heavy atom. The SMILES string of the molecule is CS(=O)(=O)c1cc(=NC2CC2)n2nc/c(=C/c3[nH]c(=O)[nH]c3O)c2n1. The minimum Gasteiger partial charge on any atom is -0.493 e. The quantitative estimate of drug-likeness (QED) is 0.482. The fraction of sp³-hybridized carbons (Fsp3) is 0.286. The second-order valence-corrected chi connectivity index (χ2v) is 7.87. The molecule has 1 fully saturated rings. The molecular formula is C14H14N6O4S. The zero-order valence-corrected chi connectivity index (χ0v) is 13.9. The van der Waals surface area contributed by atoms with Gasteiger partial charge in [-0.1, -0.05) is 0 Å². The van der Waals surface area contributed by atoms with Crippen molar-refractivity contribution in [3.63, 3.8) is 0 Å². The molecule has 0 bridgehead atoms. The van der Waals surface area contributed by atoms with Gasteiger partial charge in [-0.3, -0.25) is 9.98 Å². The highest BCUT2D eigenvalue weighted by atomic mass is 32.2. The van der Waals surface area contributed by atoms with E-state index in [1.54, 1.807) is 0 Å². The summed E-state index contributed by atoms with van der Waals surface area (Å²) in [6, 6.07) is 1.56. The molecule has 0 saturated heterocycles. The lowest BCUT2D eigenvalue weighted by Crippen LogP contribution is -2.21. The molecule has 1 aliphatic rings. The van der Waals surface area contributed by atoms with Crippen LogP contribution in [0.3, 0.4) is 0 Å². The Hall–Kier alpha value is -2.95. The summed E-state index contributed by atoms with van der Waals surface area (Å²) in [6.45, 7) is 0. The lowest BCUT2D eigenvalue weighted by molar-refractivity contribution is 0.454. The first-order valence-electron chi connectivity index (χ1n) is 7.47. The van der Waals surface area contributed by atoms with Crippen LogP contribution in [0.15, 0.2) is 27.1 Å². The molecule has 0 spiro atoms. The van der Waals surface area contributed by atoms with E-state index in [9.17, 15) is 18.3 Å². The molecule has 10 nitrogen and oxygen atoms in total. The van der Waals surface area contributed by atoms with Crippen LogP contribution in [0.4, 0.5) is 0 Å². The number of H-pyrrole nitrogens is 2. The van der Waals surface area contributed by atoms with Crippen molar-refractivity contribution in [2.75, 3.05) is 6.26 Å². The third-order valence-corrected chi connectivity index (χ3v) is 4.70. The van der Waals surface area contributed by atoms with Gasteiger partial charge in [-0.05, 0) is 18.9 Å². The summed E-state index contributed by atoms with van der Waals surface area (Å²) in [5, 5.41) is 14.2. The first-order valence-corrected chi connectivity index (χ1v) is 9.36. The Morgan fingerprint density at radius 2 is 2.16 bits per heavy atom. The monoisotopic (exact) mass is 362 g/mol. The van der Waals surface area contributed by atoms with Crippen LogP contribution < -0.4 is 16.4 Å². The second kappa shape index (κ2) is 5.28. The van der Waals surface area contributed by atoms with Crippen molar-refractivity contribution in [1.29, 1.82) is 0 Å². The third-order valence-electron chi connectivity index (χ3n) is 3.73. The van der Waals surface area contributed by atoms with Crippen LogP contribution in [0.2, 0.25) is 0 Å². The van der Waals surface area contributed by atoms with Gasteiger partial charge in [0.25, 0.3) is 0 Å². The molecule has 11 heteroatoms. The molecule has 3 aromatic rings. The zero-order valence-electron chi connectivity index (χ0n) is 13.1. The Balaban J connectivity index is 2.05. The van der Waals surface area contributed by atoms with Crippen LogP contribution in [0.25, 0.3) is 11.7 Å². The van der Waals surface area contributed by atoms with Crippen LogP contribution in [0.1, 0.15) is 18.5 Å². The van der Waals surface area contributed by atoms with Crippen molar-refractivity contribution in [1.82, 2.24) is 24.6 Å². The molecule has 3 aromatic heterocycles. The van der Waals surface area contributed by atoms with Crippen molar-refractivity contribution in [3.05, 3.63) is 39.1 Å². The number of nitrogens with one attached hydrogen (secondary N) is 2. The molecular weight excluding hydrogens is 348 g/mol. The Kier molecular flexibility index (Phi) is 3.29. The van der Waals surface area contributed by atoms with Gasteiger partial charge in [-0.25, -0.2) is 18.2 Å². The normalized spacial score (nSPS) is 16.8. The standard InChI is InChI=1S/C14H14N6O4S/c1-25(23,24)11-5-10(16-8-2-3-8)20-12(18-11)7(6-15-20)4-9-13(21)19-14(22)17-9/h4-6,8,21H,2-3H2,1H3,(H2,17,19,22)/b7-4-,16-10?. The number of nitrogens with zero attached hydrogens (tertiary/aromatic N) is 4. The highest BCUT2D eigenvalue weighted by Gasteiger charge is 2.21. The van der Waals surface area contributed by atoms with Gasteiger partial charge < -0.3 is 10.1 Å². The van der Waals surface area contributed by atoms with Gasteiger partial charge in [-0.2, -0.15) is 9.61 Å². The maximum Gasteiger partial charge on any atom is 0.326 e. The van der Waals surface area contributed by atoms with E-state index >= 15 is 0 Å². The number of aromatic nitrogens is 5. The molecule has 0 atom stereocenters. The number of imidazole rings is 1. The van der Waals surface area contributed by atoms with Gasteiger partial charge in [0.2, 0.25) is 5.88 Å². The van der Waals surface area contributed by atoms with Crippen molar-refractivity contribution < 1.29 is 13.5 Å². The molecule has 0 unspecified atom stereocenters. The summed E-state index contributed by atoms with van der Waals surface area (Å²) >= 11 is 0. The molecule has 130 valence electrons. The van der Waals surface area contributed by atoms with Gasteiger partial charge in [0.15, 0.2) is 26.0 Å². The maximum atomic E-state index is 11.9. The molecule has 4 rings (SSSR count). The summed E-state index contributed by atoms with van der Waals surface area (Å²) in [5.41, 5.74) is 0.254. The lowest BCUT2D eigenvalue weighted by atomic mass is 10.3. The molecule has 0 aromatic carbocycles. The summed E-state index contributed by atoms with van der Waals surface area (Å²) < 4.78 is 25.3. The highest BCUT2D eigenvalue weighted by molar-refractivity contribution is 7.90. The van der Waals surface area contributed by atoms with Gasteiger partial charge in [0, 0.05) is 17.5 Å². The number of rotatable bonds is 3. The van der Waals surface area contributed by atoms with E-state index in [0.29, 0.717) is 10.7 Å². The van der Waals surface area contributed by atoms with Gasteiger partial charge in [0.05, 0.1) is 12.2 Å². The van der Waals surface area contributed by atoms with Crippen LogP contribution in [0, 0.1) is 0 Å². The van der Waals surface area contributed by atoms with Crippen LogP contribution >= 0.6 is 0 Å². The minimum absolute atomic E-state index is 0.110. The fourth-order valence-electron chi connectivity index (χ4n) is 2.36. The van der Waals surface area contributed by atoms with Gasteiger partial charge >= 0.3 is 5.69 Å². The zero-order chi connectivity index (χ0) is 17.8. The predicted octanol–water partition coefficient (Wildman–Crippen LogP) is -1.53. The lowest BCUT2D eigenvalue weighted by Gasteiger charge is -2.00. The van der Waals surface area contributed by atoms with Crippen LogP contribution in [-0.2, 0) is 9.84 Å². The second-order valence-electron chi connectivity index (χ2n) is 5.91. The average molecular weight is 362 g/mol. The van der Waals surface area contributed by atoms with E-state index < -0.39 is 15.5 Å². The minimum atomic E-state index is -3.54. The molecule has 3 heterocycles. The number of sulfone groups is 1. The number of hydrogen-bond acceptors (Lipinski definition) is 7. The van der Waals surface area contributed by atoms with E-state index in [-0.39, 0.29) is 28.3 Å². The molecule has 0 amide bonds. The molecule has 3 N–H and O–H groups in total. The van der Waals surface area contributed by atoms with E-state index in [2.05, 4.69) is 25.0 Å².